The summed E-state index contributed by atoms with van der Waals surface area (Å²) in [6.07, 6.45) is -0.402. The molecule has 1 fully saturated rings. The summed E-state index contributed by atoms with van der Waals surface area (Å²) in [4.78, 5) is 13.5. The van der Waals surface area contributed by atoms with Gasteiger partial charge in [-0.2, -0.15) is 18.3 Å². The second-order valence-electron chi connectivity index (χ2n) is 7.42. The summed E-state index contributed by atoms with van der Waals surface area (Å²) in [5, 5.41) is 15.1. The minimum absolute atomic E-state index is 0.193. The van der Waals surface area contributed by atoms with Crippen LogP contribution in [0.25, 0.3) is 5.65 Å². The van der Waals surface area contributed by atoms with E-state index < -0.39 is 22.2 Å². The van der Waals surface area contributed by atoms with Crippen molar-refractivity contribution in [1.82, 2.24) is 18.9 Å². The lowest BCUT2D eigenvalue weighted by Gasteiger charge is -2.28. The van der Waals surface area contributed by atoms with Crippen LogP contribution in [0.15, 0.2) is 48.7 Å². The van der Waals surface area contributed by atoms with Crippen molar-refractivity contribution in [2.24, 2.45) is 0 Å². The molecule has 0 unspecified atom stereocenters. The first kappa shape index (κ1) is 24.5. The molecule has 9 nitrogen and oxygen atoms in total. The molecule has 2 N–H and O–H groups in total. The fourth-order valence-corrected chi connectivity index (χ4v) is 4.16. The quantitative estimate of drug-likeness (QED) is 0.583. The lowest BCUT2D eigenvalue weighted by atomic mass is 9.98. The average Bonchev–Trinajstić information content (AvgIpc) is 3.17. The van der Waals surface area contributed by atoms with Crippen molar-refractivity contribution in [2.45, 2.75) is 24.9 Å². The Kier molecular flexibility index (Phi) is 7.22. The number of sulfonamides is 1. The molecule has 0 bridgehead atoms. The molecular weight excluding hydrogens is 463 g/mol. The maximum atomic E-state index is 11.6. The Morgan fingerprint density at radius 2 is 1.70 bits per heavy atom. The minimum atomic E-state index is -5.08. The SMILES string of the molecule is CS(=O)(=O)N1CCC(c2nc3ccc(Nc4ccccc4)cn3n2)CC1.O=C(O)C(F)(F)F. The van der Waals surface area contributed by atoms with Crippen molar-refractivity contribution in [1.29, 1.82) is 0 Å². The molecule has 1 aliphatic rings. The summed E-state index contributed by atoms with van der Waals surface area (Å²) in [6, 6.07) is 13.9. The van der Waals surface area contributed by atoms with E-state index in [9.17, 15) is 21.6 Å². The largest absolute Gasteiger partial charge is 0.490 e. The van der Waals surface area contributed by atoms with Crippen LogP contribution in [0.2, 0.25) is 0 Å². The van der Waals surface area contributed by atoms with Gasteiger partial charge >= 0.3 is 12.1 Å². The fourth-order valence-electron chi connectivity index (χ4n) is 3.28. The van der Waals surface area contributed by atoms with E-state index in [4.69, 9.17) is 9.90 Å². The number of nitrogens with zero attached hydrogens (tertiary/aromatic N) is 4. The van der Waals surface area contributed by atoms with Crippen molar-refractivity contribution >= 4 is 33.0 Å². The average molecular weight is 485 g/mol. The third-order valence-electron chi connectivity index (χ3n) is 4.94. The van der Waals surface area contributed by atoms with Crippen LogP contribution in [0.5, 0.6) is 0 Å². The van der Waals surface area contributed by atoms with Crippen molar-refractivity contribution in [3.8, 4) is 0 Å². The van der Waals surface area contributed by atoms with Gasteiger partial charge in [0.15, 0.2) is 11.5 Å². The first-order valence-corrected chi connectivity index (χ1v) is 11.7. The maximum Gasteiger partial charge on any atom is 0.490 e. The first-order valence-electron chi connectivity index (χ1n) is 9.87. The predicted molar refractivity (Wildman–Crippen MR) is 115 cm³/mol. The van der Waals surface area contributed by atoms with E-state index in [1.165, 1.54) is 10.6 Å². The van der Waals surface area contributed by atoms with E-state index in [2.05, 4.69) is 15.4 Å². The van der Waals surface area contributed by atoms with Gasteiger partial charge < -0.3 is 10.4 Å². The number of para-hydroxylation sites is 1. The standard InChI is InChI=1S/C18H21N5O2S.C2HF3O2/c1-26(24,25)22-11-9-14(10-12-22)18-20-17-8-7-16(13-23(17)21-18)19-15-5-3-2-4-6-15;3-2(4,5)1(6)7/h2-8,13-14,19H,9-12H2,1H3;(H,6,7). The van der Waals surface area contributed by atoms with E-state index in [0.29, 0.717) is 13.1 Å². The van der Waals surface area contributed by atoms with Crippen molar-refractivity contribution in [3.05, 3.63) is 54.5 Å². The van der Waals surface area contributed by atoms with Crippen LogP contribution in [0.4, 0.5) is 24.5 Å². The van der Waals surface area contributed by atoms with Crippen molar-refractivity contribution < 1.29 is 31.5 Å². The number of fused-ring (bicyclic) bond motifs is 1. The fraction of sp³-hybridized carbons (Fsp3) is 0.350. The number of benzene rings is 1. The highest BCUT2D eigenvalue weighted by Gasteiger charge is 2.38. The Morgan fingerprint density at radius 3 is 2.24 bits per heavy atom. The van der Waals surface area contributed by atoms with Crippen molar-refractivity contribution in [3.63, 3.8) is 0 Å². The van der Waals surface area contributed by atoms with Crippen LogP contribution in [-0.4, -0.2) is 63.9 Å². The lowest BCUT2D eigenvalue weighted by Crippen LogP contribution is -2.37. The zero-order valence-corrected chi connectivity index (χ0v) is 18.3. The number of carbonyl (C=O) groups is 1. The number of piperidine rings is 1. The molecule has 3 aromatic rings. The van der Waals surface area contributed by atoms with Crippen LogP contribution in [-0.2, 0) is 14.8 Å². The second kappa shape index (κ2) is 9.75. The molecule has 4 rings (SSSR count). The maximum absolute atomic E-state index is 11.6. The third kappa shape index (κ3) is 6.65. The highest BCUT2D eigenvalue weighted by atomic mass is 32.2. The molecule has 2 aromatic heterocycles. The van der Waals surface area contributed by atoms with Crippen molar-refractivity contribution in [2.75, 3.05) is 24.7 Å². The van der Waals surface area contributed by atoms with Gasteiger partial charge in [0.25, 0.3) is 0 Å². The van der Waals surface area contributed by atoms with Gasteiger partial charge in [-0.15, -0.1) is 0 Å². The second-order valence-corrected chi connectivity index (χ2v) is 9.40. The van der Waals surface area contributed by atoms with E-state index >= 15 is 0 Å². The number of anilines is 2. The Bertz CT molecular complexity index is 1210. The molecule has 1 aliphatic heterocycles. The normalized spacial score (nSPS) is 15.6. The first-order chi connectivity index (χ1) is 15.4. The molecule has 0 aliphatic carbocycles. The summed E-state index contributed by atoms with van der Waals surface area (Å²) < 4.78 is 58.3. The van der Waals surface area contributed by atoms with E-state index in [1.54, 1.807) is 4.52 Å². The molecule has 0 amide bonds. The van der Waals surface area contributed by atoms with Crippen LogP contribution in [0.3, 0.4) is 0 Å². The topological polar surface area (TPSA) is 117 Å². The number of aliphatic carboxylic acids is 1. The smallest absolute Gasteiger partial charge is 0.475 e. The summed E-state index contributed by atoms with van der Waals surface area (Å²) in [6.45, 7) is 1.06. The van der Waals surface area contributed by atoms with Gasteiger partial charge in [0, 0.05) is 24.7 Å². The molecule has 0 atom stereocenters. The summed E-state index contributed by atoms with van der Waals surface area (Å²) >= 11 is 0. The molecule has 33 heavy (non-hydrogen) atoms. The number of nitrogens with one attached hydrogen (secondary N) is 1. The molecule has 0 spiro atoms. The number of carboxylic acid groups (broad SMARTS) is 1. The monoisotopic (exact) mass is 485 g/mol. The van der Waals surface area contributed by atoms with E-state index in [0.717, 1.165) is 35.7 Å². The number of alkyl halides is 3. The van der Waals surface area contributed by atoms with Gasteiger partial charge in [0.2, 0.25) is 10.0 Å². The zero-order valence-electron chi connectivity index (χ0n) is 17.5. The number of rotatable bonds is 4. The van der Waals surface area contributed by atoms with Crippen LogP contribution in [0.1, 0.15) is 24.6 Å². The molecule has 1 saturated heterocycles. The molecule has 0 radical (unpaired) electrons. The molecule has 0 saturated carbocycles. The third-order valence-corrected chi connectivity index (χ3v) is 6.24. The number of hydrogen-bond acceptors (Lipinski definition) is 6. The summed E-state index contributed by atoms with van der Waals surface area (Å²) in [7, 11) is -3.11. The van der Waals surface area contributed by atoms with Gasteiger partial charge in [0.05, 0.1) is 18.1 Å². The highest BCUT2D eigenvalue weighted by Crippen LogP contribution is 2.27. The van der Waals surface area contributed by atoms with E-state index in [1.807, 2.05) is 48.7 Å². The van der Waals surface area contributed by atoms with Crippen LogP contribution < -0.4 is 5.32 Å². The van der Waals surface area contributed by atoms with Gasteiger partial charge in [-0.1, -0.05) is 18.2 Å². The zero-order chi connectivity index (χ0) is 24.2. The number of aromatic nitrogens is 3. The molecule has 3 heterocycles. The molecule has 13 heteroatoms. The molecule has 1 aromatic carbocycles. The number of hydrogen-bond donors (Lipinski definition) is 2. The molecular formula is C20H22F3N5O4S. The van der Waals surface area contributed by atoms with Crippen LogP contribution >= 0.6 is 0 Å². The Balaban J connectivity index is 0.000000383. The predicted octanol–water partition coefficient (Wildman–Crippen LogP) is 3.25. The number of halogens is 3. The summed E-state index contributed by atoms with van der Waals surface area (Å²) in [5.41, 5.74) is 2.75. The minimum Gasteiger partial charge on any atom is -0.475 e. The lowest BCUT2D eigenvalue weighted by molar-refractivity contribution is -0.192. The number of carboxylic acids is 1. The van der Waals surface area contributed by atoms with Gasteiger partial charge in [-0.25, -0.2) is 27.0 Å². The highest BCUT2D eigenvalue weighted by molar-refractivity contribution is 7.88. The Hall–Kier alpha value is -3.19. The molecule has 178 valence electrons. The Labute approximate surface area is 187 Å². The number of pyridine rings is 1. The van der Waals surface area contributed by atoms with Crippen LogP contribution in [0, 0.1) is 0 Å². The van der Waals surface area contributed by atoms with E-state index in [-0.39, 0.29) is 5.92 Å². The van der Waals surface area contributed by atoms with Gasteiger partial charge in [0.1, 0.15) is 0 Å². The van der Waals surface area contributed by atoms with Gasteiger partial charge in [-0.3, -0.25) is 0 Å². The summed E-state index contributed by atoms with van der Waals surface area (Å²) in [5.74, 6) is -1.78. The van der Waals surface area contributed by atoms with Gasteiger partial charge in [-0.05, 0) is 37.1 Å². The Morgan fingerprint density at radius 1 is 1.09 bits per heavy atom.